The molecule has 2 N–H and O–H groups in total. The van der Waals surface area contributed by atoms with E-state index >= 15 is 0 Å². The third kappa shape index (κ3) is 5.21. The molecule has 0 aliphatic carbocycles. The Morgan fingerprint density at radius 3 is 2.21 bits per heavy atom. The second-order valence-corrected chi connectivity index (χ2v) is 7.18. The summed E-state index contributed by atoms with van der Waals surface area (Å²) in [6.45, 7) is 3.55. The van der Waals surface area contributed by atoms with Crippen molar-refractivity contribution in [2.75, 3.05) is 11.9 Å². The van der Waals surface area contributed by atoms with E-state index in [1.54, 1.807) is 18.2 Å². The highest BCUT2D eigenvalue weighted by Crippen LogP contribution is 2.23. The zero-order valence-corrected chi connectivity index (χ0v) is 16.8. The van der Waals surface area contributed by atoms with Crippen LogP contribution < -0.4 is 10.6 Å². The van der Waals surface area contributed by atoms with Crippen molar-refractivity contribution in [2.45, 2.75) is 13.8 Å². The van der Waals surface area contributed by atoms with Crippen molar-refractivity contribution in [1.29, 1.82) is 0 Å². The molecule has 3 rings (SSSR count). The molecule has 0 aliphatic rings. The van der Waals surface area contributed by atoms with Crippen LogP contribution in [0.2, 0.25) is 5.02 Å². The van der Waals surface area contributed by atoms with Crippen LogP contribution in [0.5, 0.6) is 0 Å². The van der Waals surface area contributed by atoms with Crippen molar-refractivity contribution < 1.29 is 14.0 Å². The summed E-state index contributed by atoms with van der Waals surface area (Å²) < 4.78 is 14.4. The summed E-state index contributed by atoms with van der Waals surface area (Å²) in [5.74, 6) is -1.77. The van der Waals surface area contributed by atoms with E-state index in [2.05, 4.69) is 10.6 Å². The Morgan fingerprint density at radius 1 is 0.897 bits per heavy atom. The molecular weight excluding hydrogens is 391 g/mol. The number of rotatable bonds is 5. The Bertz CT molecular complexity index is 1060. The van der Waals surface area contributed by atoms with E-state index in [1.807, 2.05) is 44.2 Å². The van der Waals surface area contributed by atoms with Crippen LogP contribution in [0.25, 0.3) is 11.1 Å². The fourth-order valence-electron chi connectivity index (χ4n) is 2.80. The molecule has 0 bridgehead atoms. The summed E-state index contributed by atoms with van der Waals surface area (Å²) in [5, 5.41) is 5.44. The lowest BCUT2D eigenvalue weighted by molar-refractivity contribution is -0.115. The number of nitrogens with one attached hydrogen (secondary N) is 2. The van der Waals surface area contributed by atoms with Gasteiger partial charge in [0, 0.05) is 0 Å². The standard InChI is InChI=1S/C23H20ClFN2O2/c1-14-3-6-16(7-4-14)17-8-9-18(20(25)12-17)23(29)26-13-22(28)27-21-10-5-15(2)11-19(21)24/h3-12H,13H2,1-2H3,(H,26,29)(H,27,28). The first-order valence-electron chi connectivity index (χ1n) is 9.04. The van der Waals surface area contributed by atoms with Gasteiger partial charge in [-0.05, 0) is 54.8 Å². The van der Waals surface area contributed by atoms with Gasteiger partial charge in [0.1, 0.15) is 5.82 Å². The number of halogens is 2. The second kappa shape index (κ2) is 8.88. The number of carbonyl (C=O) groups excluding carboxylic acids is 2. The molecule has 0 atom stereocenters. The quantitative estimate of drug-likeness (QED) is 0.612. The number of carbonyl (C=O) groups is 2. The first kappa shape index (κ1) is 20.6. The summed E-state index contributed by atoms with van der Waals surface area (Å²) in [5.41, 5.74) is 3.93. The van der Waals surface area contributed by atoms with Crippen molar-refractivity contribution in [2.24, 2.45) is 0 Å². The van der Waals surface area contributed by atoms with E-state index in [9.17, 15) is 14.0 Å². The van der Waals surface area contributed by atoms with Gasteiger partial charge in [-0.3, -0.25) is 9.59 Å². The number of hydrogen-bond donors (Lipinski definition) is 2. The normalized spacial score (nSPS) is 10.5. The maximum Gasteiger partial charge on any atom is 0.254 e. The zero-order chi connectivity index (χ0) is 21.0. The van der Waals surface area contributed by atoms with E-state index in [0.717, 1.165) is 16.7 Å². The molecule has 2 amide bonds. The summed E-state index contributed by atoms with van der Waals surface area (Å²) in [4.78, 5) is 24.3. The summed E-state index contributed by atoms with van der Waals surface area (Å²) >= 11 is 6.08. The Kier molecular flexibility index (Phi) is 6.29. The van der Waals surface area contributed by atoms with Crippen molar-refractivity contribution in [3.8, 4) is 11.1 Å². The van der Waals surface area contributed by atoms with E-state index in [0.29, 0.717) is 16.3 Å². The van der Waals surface area contributed by atoms with Gasteiger partial charge in [0.15, 0.2) is 0 Å². The van der Waals surface area contributed by atoms with Crippen LogP contribution in [0.15, 0.2) is 60.7 Å². The van der Waals surface area contributed by atoms with Gasteiger partial charge in [0.25, 0.3) is 5.91 Å². The SMILES string of the molecule is Cc1ccc(-c2ccc(C(=O)NCC(=O)Nc3ccc(C)cc3Cl)c(F)c2)cc1. The molecular formula is C23H20ClFN2O2. The smallest absolute Gasteiger partial charge is 0.254 e. The van der Waals surface area contributed by atoms with Gasteiger partial charge in [-0.1, -0.05) is 53.6 Å². The van der Waals surface area contributed by atoms with Crippen LogP contribution in [-0.2, 0) is 4.79 Å². The van der Waals surface area contributed by atoms with Crippen LogP contribution >= 0.6 is 11.6 Å². The molecule has 0 aliphatic heterocycles. The third-order valence-corrected chi connectivity index (χ3v) is 4.72. The molecule has 3 aromatic rings. The number of hydrogen-bond acceptors (Lipinski definition) is 2. The predicted molar refractivity (Wildman–Crippen MR) is 114 cm³/mol. The van der Waals surface area contributed by atoms with Crippen LogP contribution in [-0.4, -0.2) is 18.4 Å². The van der Waals surface area contributed by atoms with Gasteiger partial charge in [-0.15, -0.1) is 0 Å². The molecule has 0 saturated heterocycles. The van der Waals surface area contributed by atoms with E-state index in [-0.39, 0.29) is 12.1 Å². The molecule has 0 saturated carbocycles. The lowest BCUT2D eigenvalue weighted by atomic mass is 10.0. The fraction of sp³-hybridized carbons (Fsp3) is 0.130. The minimum atomic E-state index is -0.664. The second-order valence-electron chi connectivity index (χ2n) is 6.77. The van der Waals surface area contributed by atoms with Crippen molar-refractivity contribution in [3.63, 3.8) is 0 Å². The molecule has 4 nitrogen and oxygen atoms in total. The van der Waals surface area contributed by atoms with Gasteiger partial charge < -0.3 is 10.6 Å². The fourth-order valence-corrected chi connectivity index (χ4v) is 3.08. The topological polar surface area (TPSA) is 58.2 Å². The average Bonchev–Trinajstić information content (AvgIpc) is 2.69. The highest BCUT2D eigenvalue weighted by molar-refractivity contribution is 6.33. The highest BCUT2D eigenvalue weighted by Gasteiger charge is 2.14. The third-order valence-electron chi connectivity index (χ3n) is 4.41. The van der Waals surface area contributed by atoms with Crippen LogP contribution in [0, 0.1) is 19.7 Å². The molecule has 0 heterocycles. The van der Waals surface area contributed by atoms with Gasteiger partial charge >= 0.3 is 0 Å². The molecule has 0 radical (unpaired) electrons. The Balaban J connectivity index is 1.63. The Morgan fingerprint density at radius 2 is 1.55 bits per heavy atom. The number of aryl methyl sites for hydroxylation is 2. The molecule has 0 aromatic heterocycles. The minimum Gasteiger partial charge on any atom is -0.343 e. The maximum absolute atomic E-state index is 14.4. The highest BCUT2D eigenvalue weighted by atomic mass is 35.5. The molecule has 3 aromatic carbocycles. The monoisotopic (exact) mass is 410 g/mol. The lowest BCUT2D eigenvalue weighted by Gasteiger charge is -2.10. The maximum atomic E-state index is 14.4. The van der Waals surface area contributed by atoms with Gasteiger partial charge in [0.05, 0.1) is 22.8 Å². The van der Waals surface area contributed by atoms with Gasteiger partial charge in [-0.25, -0.2) is 4.39 Å². The summed E-state index contributed by atoms with van der Waals surface area (Å²) in [6, 6.07) is 17.3. The summed E-state index contributed by atoms with van der Waals surface area (Å²) in [7, 11) is 0. The van der Waals surface area contributed by atoms with Gasteiger partial charge in [-0.2, -0.15) is 0 Å². The first-order valence-corrected chi connectivity index (χ1v) is 9.42. The molecule has 148 valence electrons. The number of anilines is 1. The van der Waals surface area contributed by atoms with E-state index in [4.69, 9.17) is 11.6 Å². The lowest BCUT2D eigenvalue weighted by Crippen LogP contribution is -2.33. The molecule has 6 heteroatoms. The van der Waals surface area contributed by atoms with Crippen LogP contribution in [0.1, 0.15) is 21.5 Å². The molecule has 29 heavy (non-hydrogen) atoms. The van der Waals surface area contributed by atoms with E-state index < -0.39 is 17.6 Å². The van der Waals surface area contributed by atoms with Crippen molar-refractivity contribution in [1.82, 2.24) is 5.32 Å². The van der Waals surface area contributed by atoms with Crippen molar-refractivity contribution >= 4 is 29.1 Å². The number of amides is 2. The molecule has 0 fully saturated rings. The molecule has 0 spiro atoms. The van der Waals surface area contributed by atoms with Gasteiger partial charge in [0.2, 0.25) is 5.91 Å². The Hall–Kier alpha value is -3.18. The summed E-state index contributed by atoms with van der Waals surface area (Å²) in [6.07, 6.45) is 0. The zero-order valence-electron chi connectivity index (χ0n) is 16.1. The van der Waals surface area contributed by atoms with Crippen LogP contribution in [0.3, 0.4) is 0 Å². The minimum absolute atomic E-state index is 0.123. The molecule has 0 unspecified atom stereocenters. The van der Waals surface area contributed by atoms with Crippen molar-refractivity contribution in [3.05, 3.63) is 88.2 Å². The largest absolute Gasteiger partial charge is 0.343 e. The number of benzene rings is 3. The predicted octanol–water partition coefficient (Wildman–Crippen LogP) is 5.13. The average molecular weight is 411 g/mol. The Labute approximate surface area is 173 Å². The first-order chi connectivity index (χ1) is 13.8. The van der Waals surface area contributed by atoms with Crippen LogP contribution in [0.4, 0.5) is 10.1 Å². The van der Waals surface area contributed by atoms with E-state index in [1.165, 1.54) is 12.1 Å².